The Morgan fingerprint density at radius 2 is 1.98 bits per heavy atom. The van der Waals surface area contributed by atoms with Gasteiger partial charge in [-0.3, -0.25) is 24.6 Å². The predicted molar refractivity (Wildman–Crippen MR) is 180 cm³/mol. The Kier molecular flexibility index (Phi) is 8.76. The number of hydrogen-bond donors (Lipinski definition) is 1. The van der Waals surface area contributed by atoms with Crippen molar-refractivity contribution in [1.82, 2.24) is 30.1 Å². The first-order valence-electron chi connectivity index (χ1n) is 14.9. The van der Waals surface area contributed by atoms with E-state index in [0.29, 0.717) is 76.9 Å². The van der Waals surface area contributed by atoms with Crippen molar-refractivity contribution in [3.63, 3.8) is 0 Å². The standard InChI is InChI=1S/C32H28ClFN8O4S2/c1-17(43)18-3-6-23(36-12-18)25-16-48-31(38-25)42-14-20-13-40(8-9-41(20)32(42)45)15-24-26(30(44)46-2)27(21-5-4-19(34)11-22(21)33)39-28(37-24)29-35-7-10-47-29/h3-7,10-12,16,20,27H,8-9,13-15H2,1-2H3,(H,37,39)/t20-,27-/m0/s1. The van der Waals surface area contributed by atoms with Crippen LogP contribution < -0.4 is 10.2 Å². The van der Waals surface area contributed by atoms with Crippen LogP contribution in [-0.4, -0.2) is 94.2 Å². The van der Waals surface area contributed by atoms with Gasteiger partial charge in [-0.15, -0.1) is 22.7 Å². The summed E-state index contributed by atoms with van der Waals surface area (Å²) in [5, 5.41) is 8.33. The van der Waals surface area contributed by atoms with Crippen LogP contribution in [0.25, 0.3) is 11.4 Å². The Labute approximate surface area is 287 Å². The van der Waals surface area contributed by atoms with Crippen molar-refractivity contribution in [2.24, 2.45) is 4.99 Å². The van der Waals surface area contributed by atoms with E-state index in [1.54, 1.807) is 23.2 Å². The topological polar surface area (TPSA) is 133 Å². The number of aromatic nitrogens is 3. The molecule has 2 atom stereocenters. The lowest BCUT2D eigenvalue weighted by Crippen LogP contribution is -2.53. The summed E-state index contributed by atoms with van der Waals surface area (Å²) in [5.41, 5.74) is 3.05. The molecule has 3 aromatic heterocycles. The molecule has 16 heteroatoms. The number of thiazole rings is 2. The molecule has 2 fully saturated rings. The molecule has 0 aliphatic carbocycles. The molecule has 12 nitrogen and oxygen atoms in total. The third kappa shape index (κ3) is 6.09. The van der Waals surface area contributed by atoms with Crippen molar-refractivity contribution in [2.45, 2.75) is 19.0 Å². The van der Waals surface area contributed by atoms with Crippen LogP contribution >= 0.6 is 34.3 Å². The summed E-state index contributed by atoms with van der Waals surface area (Å²) in [7, 11) is 1.30. The van der Waals surface area contributed by atoms with E-state index in [2.05, 4.69) is 20.2 Å². The van der Waals surface area contributed by atoms with E-state index in [9.17, 15) is 18.8 Å². The number of Topliss-reactive ketones (excluding diaryl/α,β-unsaturated/α-hetero) is 1. The molecular weight excluding hydrogens is 679 g/mol. The monoisotopic (exact) mass is 706 g/mol. The third-order valence-corrected chi connectivity index (χ3v) is 10.4. The van der Waals surface area contributed by atoms with Gasteiger partial charge in [0, 0.05) is 71.2 Å². The van der Waals surface area contributed by atoms with Gasteiger partial charge >= 0.3 is 12.0 Å². The highest BCUT2D eigenvalue weighted by atomic mass is 35.5. The molecule has 0 unspecified atom stereocenters. The quantitative estimate of drug-likeness (QED) is 0.203. The number of hydrogen-bond acceptors (Lipinski definition) is 12. The van der Waals surface area contributed by atoms with Crippen LogP contribution in [-0.2, 0) is 9.53 Å². The number of amides is 2. The molecule has 0 bridgehead atoms. The first-order valence-corrected chi connectivity index (χ1v) is 17.1. The second kappa shape index (κ2) is 13.1. The summed E-state index contributed by atoms with van der Waals surface area (Å²) >= 11 is 9.24. The smallest absolute Gasteiger partial charge is 0.338 e. The number of benzene rings is 1. The second-order valence-electron chi connectivity index (χ2n) is 11.4. The normalized spacial score (nSPS) is 19.7. The van der Waals surface area contributed by atoms with Gasteiger partial charge in [0.25, 0.3) is 0 Å². The summed E-state index contributed by atoms with van der Waals surface area (Å²) in [5.74, 6) is -0.694. The Balaban J connectivity index is 1.13. The van der Waals surface area contributed by atoms with Gasteiger partial charge in [0.1, 0.15) is 17.6 Å². The lowest BCUT2D eigenvalue weighted by Gasteiger charge is -2.38. The van der Waals surface area contributed by atoms with E-state index >= 15 is 0 Å². The van der Waals surface area contributed by atoms with E-state index in [4.69, 9.17) is 26.3 Å². The van der Waals surface area contributed by atoms with Gasteiger partial charge in [-0.05, 0) is 31.2 Å². The van der Waals surface area contributed by atoms with Crippen molar-refractivity contribution in [3.05, 3.63) is 91.7 Å². The number of aliphatic imine (C=N–C) groups is 1. The number of nitrogens with zero attached hydrogens (tertiary/aromatic N) is 7. The number of nitrogens with one attached hydrogen (secondary N) is 1. The molecule has 6 heterocycles. The van der Waals surface area contributed by atoms with Crippen molar-refractivity contribution in [1.29, 1.82) is 0 Å². The summed E-state index contributed by atoms with van der Waals surface area (Å²) in [6.07, 6.45) is 3.19. The molecule has 246 valence electrons. The average molecular weight is 707 g/mol. The number of amidine groups is 1. The zero-order chi connectivity index (χ0) is 33.5. The Hall–Kier alpha value is -4.57. The lowest BCUT2D eigenvalue weighted by molar-refractivity contribution is -0.136. The molecule has 0 spiro atoms. The Morgan fingerprint density at radius 3 is 2.69 bits per heavy atom. The van der Waals surface area contributed by atoms with Crippen LogP contribution in [0.1, 0.15) is 33.9 Å². The SMILES string of the molecule is COC(=O)C1=C(CN2CCN3C(=O)N(c4nc(-c5ccc(C(C)=O)cn5)cs4)C[C@@H]3C2)NC(c2nccs2)=N[C@H]1c1ccc(F)cc1Cl. The summed E-state index contributed by atoms with van der Waals surface area (Å²) in [6, 6.07) is 6.36. The molecule has 0 radical (unpaired) electrons. The number of halogens is 2. The highest BCUT2D eigenvalue weighted by molar-refractivity contribution is 7.14. The summed E-state index contributed by atoms with van der Waals surface area (Å²) < 4.78 is 19.2. The number of ether oxygens (including phenoxy) is 1. The molecule has 2 saturated heterocycles. The largest absolute Gasteiger partial charge is 0.466 e. The van der Waals surface area contributed by atoms with Crippen LogP contribution in [0, 0.1) is 5.82 Å². The lowest BCUT2D eigenvalue weighted by atomic mass is 9.95. The third-order valence-electron chi connectivity index (χ3n) is 8.40. The van der Waals surface area contributed by atoms with E-state index in [1.807, 2.05) is 15.7 Å². The van der Waals surface area contributed by atoms with Gasteiger partial charge in [-0.1, -0.05) is 17.7 Å². The summed E-state index contributed by atoms with van der Waals surface area (Å²) in [6.45, 7) is 3.83. The fourth-order valence-corrected chi connectivity index (χ4v) is 7.71. The summed E-state index contributed by atoms with van der Waals surface area (Å²) in [4.78, 5) is 62.5. The number of urea groups is 1. The minimum absolute atomic E-state index is 0.0661. The molecule has 2 amide bonds. The molecule has 3 aliphatic rings. The van der Waals surface area contributed by atoms with Gasteiger partial charge < -0.3 is 15.0 Å². The van der Waals surface area contributed by atoms with Crippen molar-refractivity contribution < 1.29 is 23.5 Å². The van der Waals surface area contributed by atoms with Crippen LogP contribution in [0.3, 0.4) is 0 Å². The maximum absolute atomic E-state index is 14.0. The van der Waals surface area contributed by atoms with Crippen LogP contribution in [0.4, 0.5) is 14.3 Å². The van der Waals surface area contributed by atoms with Crippen LogP contribution in [0.5, 0.6) is 0 Å². The van der Waals surface area contributed by atoms with Gasteiger partial charge in [0.2, 0.25) is 0 Å². The number of piperazine rings is 1. The van der Waals surface area contributed by atoms with Crippen molar-refractivity contribution >= 4 is 63.0 Å². The molecule has 48 heavy (non-hydrogen) atoms. The number of ketones is 1. The minimum atomic E-state index is -0.863. The van der Waals surface area contributed by atoms with Crippen LogP contribution in [0.2, 0.25) is 5.02 Å². The molecular formula is C32H28ClFN8O4S2. The number of anilines is 1. The van der Waals surface area contributed by atoms with Gasteiger partial charge in [0.05, 0.1) is 31.0 Å². The zero-order valence-electron chi connectivity index (χ0n) is 25.7. The number of fused-ring (bicyclic) bond motifs is 1. The number of methoxy groups -OCH3 is 1. The second-order valence-corrected chi connectivity index (χ2v) is 13.5. The molecule has 3 aliphatic heterocycles. The minimum Gasteiger partial charge on any atom is -0.466 e. The van der Waals surface area contributed by atoms with Crippen molar-refractivity contribution in [2.75, 3.05) is 44.7 Å². The van der Waals surface area contributed by atoms with Gasteiger partial charge in [-0.25, -0.2) is 23.9 Å². The molecule has 7 rings (SSSR count). The Morgan fingerprint density at radius 1 is 1.12 bits per heavy atom. The maximum Gasteiger partial charge on any atom is 0.338 e. The van der Waals surface area contributed by atoms with Crippen molar-refractivity contribution in [3.8, 4) is 11.4 Å². The van der Waals surface area contributed by atoms with Gasteiger partial charge in [0.15, 0.2) is 21.8 Å². The first-order chi connectivity index (χ1) is 23.2. The first kappa shape index (κ1) is 32.0. The van der Waals surface area contributed by atoms with E-state index < -0.39 is 17.8 Å². The number of carbonyl (C=O) groups is 3. The number of esters is 1. The molecule has 0 saturated carbocycles. The zero-order valence-corrected chi connectivity index (χ0v) is 28.1. The molecule has 1 aromatic carbocycles. The van der Waals surface area contributed by atoms with Crippen LogP contribution in [0.15, 0.2) is 69.7 Å². The number of rotatable bonds is 8. The fraction of sp³-hybridized carbons (Fsp3) is 0.281. The number of carbonyl (C=O) groups excluding carboxylic acids is 3. The molecule has 4 aromatic rings. The van der Waals surface area contributed by atoms with E-state index in [-0.39, 0.29) is 28.5 Å². The average Bonchev–Trinajstić information content (AvgIpc) is 3.85. The van der Waals surface area contributed by atoms with E-state index in [1.165, 1.54) is 61.1 Å². The van der Waals surface area contributed by atoms with Gasteiger partial charge in [-0.2, -0.15) is 0 Å². The molecule has 1 N–H and O–H groups in total. The predicted octanol–water partition coefficient (Wildman–Crippen LogP) is 4.80. The van der Waals surface area contributed by atoms with E-state index in [0.717, 1.165) is 0 Å². The highest BCUT2D eigenvalue weighted by Gasteiger charge is 2.43. The maximum atomic E-state index is 14.0. The highest BCUT2D eigenvalue weighted by Crippen LogP contribution is 2.37. The number of pyridine rings is 1. The fourth-order valence-electron chi connectivity index (χ4n) is 6.03. The Bertz CT molecular complexity index is 1970.